The van der Waals surface area contributed by atoms with Gasteiger partial charge >= 0.3 is 6.18 Å². The second kappa shape index (κ2) is 4.26. The molecule has 0 aliphatic heterocycles. The van der Waals surface area contributed by atoms with Crippen LogP contribution in [-0.2, 0) is 4.79 Å². The monoisotopic (exact) mass is 231 g/mol. The molecule has 0 unspecified atom stereocenters. The van der Waals surface area contributed by atoms with Crippen LogP contribution < -0.4 is 5.11 Å². The zero-order valence-electron chi connectivity index (χ0n) is 7.78. The summed E-state index contributed by atoms with van der Waals surface area (Å²) in [4.78, 5) is 10.5. The smallest absolute Gasteiger partial charge is 0.454 e. The van der Waals surface area contributed by atoms with Crippen molar-refractivity contribution in [3.8, 4) is 5.75 Å². The molecule has 86 valence electrons. The van der Waals surface area contributed by atoms with Gasteiger partial charge in [-0.2, -0.15) is 13.2 Å². The predicted molar refractivity (Wildman–Crippen MR) is 47.1 cm³/mol. The van der Waals surface area contributed by atoms with Crippen LogP contribution >= 0.6 is 0 Å². The van der Waals surface area contributed by atoms with Crippen LogP contribution in [0, 0.1) is 0 Å². The van der Waals surface area contributed by atoms with Crippen LogP contribution in [0.5, 0.6) is 5.75 Å². The van der Waals surface area contributed by atoms with Crippen LogP contribution in [0.2, 0.25) is 0 Å². The minimum absolute atomic E-state index is 0.0214. The number of hydrogen-bond acceptors (Lipinski definition) is 3. The first-order chi connectivity index (χ1) is 7.30. The van der Waals surface area contributed by atoms with Crippen LogP contribution in [0.3, 0.4) is 0 Å². The summed E-state index contributed by atoms with van der Waals surface area (Å²) >= 11 is 0. The highest BCUT2D eigenvalue weighted by Gasteiger charge is 2.36. The number of aromatic hydroxyl groups is 1. The van der Waals surface area contributed by atoms with Crippen molar-refractivity contribution in [2.45, 2.75) is 6.18 Å². The minimum atomic E-state index is -5.05. The molecule has 1 aromatic carbocycles. The molecule has 0 bridgehead atoms. The van der Waals surface area contributed by atoms with Gasteiger partial charge in [-0.1, -0.05) is 17.9 Å². The first kappa shape index (κ1) is 12.1. The van der Waals surface area contributed by atoms with Crippen LogP contribution in [0.4, 0.5) is 13.2 Å². The minimum Gasteiger partial charge on any atom is -0.872 e. The van der Waals surface area contributed by atoms with Gasteiger partial charge in [0.2, 0.25) is 0 Å². The Hall–Kier alpha value is -1.98. The second-order valence-corrected chi connectivity index (χ2v) is 2.92. The van der Waals surface area contributed by atoms with E-state index in [0.717, 1.165) is 24.3 Å². The molecule has 0 radical (unpaired) electrons. The molecular weight excluding hydrogens is 225 g/mol. The van der Waals surface area contributed by atoms with Crippen LogP contribution in [0.15, 0.2) is 30.3 Å². The van der Waals surface area contributed by atoms with E-state index in [-0.39, 0.29) is 17.4 Å². The molecule has 1 N–H and O–H groups in total. The highest BCUT2D eigenvalue weighted by Crippen LogP contribution is 2.19. The topological polar surface area (TPSA) is 60.4 Å². The number of phenols is 1. The van der Waals surface area contributed by atoms with Gasteiger partial charge in [-0.15, -0.1) is 0 Å². The molecule has 6 heteroatoms. The summed E-state index contributed by atoms with van der Waals surface area (Å²) < 4.78 is 35.4. The molecule has 0 atom stereocenters. The number of alkyl halides is 3. The first-order valence-corrected chi connectivity index (χ1v) is 4.10. The van der Waals surface area contributed by atoms with E-state index in [1.165, 1.54) is 0 Å². The number of allylic oxidation sites excluding steroid dienone is 1. The number of phenolic OH excluding ortho intramolecular Hbond substituents is 1. The van der Waals surface area contributed by atoms with E-state index in [4.69, 9.17) is 5.11 Å². The van der Waals surface area contributed by atoms with E-state index in [2.05, 4.69) is 0 Å². The van der Waals surface area contributed by atoms with E-state index in [1.807, 2.05) is 0 Å². The molecule has 0 aliphatic rings. The van der Waals surface area contributed by atoms with Gasteiger partial charge in [0.25, 0.3) is 5.78 Å². The van der Waals surface area contributed by atoms with Gasteiger partial charge in [0.1, 0.15) is 5.75 Å². The maximum absolute atomic E-state index is 11.8. The lowest BCUT2D eigenvalue weighted by atomic mass is 10.1. The van der Waals surface area contributed by atoms with Crippen LogP contribution in [0.25, 0.3) is 5.76 Å². The molecule has 0 heterocycles. The molecule has 0 fully saturated rings. The Morgan fingerprint density at radius 1 is 1.25 bits per heavy atom. The maximum Gasteiger partial charge on any atom is 0.454 e. The van der Waals surface area contributed by atoms with Crippen molar-refractivity contribution in [1.82, 2.24) is 0 Å². The molecule has 0 aromatic heterocycles. The molecule has 1 rings (SSSR count). The van der Waals surface area contributed by atoms with Crippen LogP contribution in [-0.4, -0.2) is 17.1 Å². The van der Waals surface area contributed by atoms with Crippen LogP contribution in [0.1, 0.15) is 5.56 Å². The Morgan fingerprint density at radius 3 is 2.19 bits per heavy atom. The number of rotatable bonds is 2. The fraction of sp³-hybridized carbons (Fsp3) is 0.100. The molecule has 0 spiro atoms. The lowest BCUT2D eigenvalue weighted by Gasteiger charge is -2.12. The molecule has 0 amide bonds. The Kier molecular flexibility index (Phi) is 3.22. The highest BCUT2D eigenvalue weighted by molar-refractivity contribution is 5.98. The lowest BCUT2D eigenvalue weighted by Crippen LogP contribution is -2.21. The zero-order chi connectivity index (χ0) is 12.3. The number of halogens is 3. The summed E-state index contributed by atoms with van der Waals surface area (Å²) in [6.45, 7) is 0. The summed E-state index contributed by atoms with van der Waals surface area (Å²) in [6, 6.07) is 4.52. The second-order valence-electron chi connectivity index (χ2n) is 2.92. The van der Waals surface area contributed by atoms with Crippen molar-refractivity contribution in [2.24, 2.45) is 0 Å². The normalized spacial score (nSPS) is 12.6. The summed E-state index contributed by atoms with van der Waals surface area (Å²) in [5.74, 6) is -3.38. The van der Waals surface area contributed by atoms with Gasteiger partial charge in [-0.05, 0) is 23.8 Å². The number of benzene rings is 1. The van der Waals surface area contributed by atoms with Crippen molar-refractivity contribution in [3.05, 3.63) is 35.9 Å². The summed E-state index contributed by atoms with van der Waals surface area (Å²) in [5, 5.41) is 20.0. The molecule has 0 aliphatic carbocycles. The van der Waals surface area contributed by atoms with Crippen molar-refractivity contribution >= 4 is 11.5 Å². The van der Waals surface area contributed by atoms with Crippen molar-refractivity contribution in [3.63, 3.8) is 0 Å². The molecule has 0 saturated carbocycles. The van der Waals surface area contributed by atoms with Gasteiger partial charge in [0, 0.05) is 0 Å². The standard InChI is InChI=1S/C10H7F3O3/c11-10(12,13)9(16)5-8(15)6-1-3-7(14)4-2-6/h1-5,14-15H/p-1/b8-5-. The molecule has 16 heavy (non-hydrogen) atoms. The van der Waals surface area contributed by atoms with Crippen molar-refractivity contribution < 1.29 is 28.2 Å². The Labute approximate surface area is 88.4 Å². The summed E-state index contributed by atoms with van der Waals surface area (Å²) in [7, 11) is 0. The van der Waals surface area contributed by atoms with Gasteiger partial charge in [-0.25, -0.2) is 0 Å². The van der Waals surface area contributed by atoms with Crippen molar-refractivity contribution in [2.75, 3.05) is 0 Å². The summed E-state index contributed by atoms with van der Waals surface area (Å²) in [5.41, 5.74) is -0.101. The van der Waals surface area contributed by atoms with Gasteiger partial charge in [0.15, 0.2) is 0 Å². The zero-order valence-corrected chi connectivity index (χ0v) is 7.78. The van der Waals surface area contributed by atoms with Gasteiger partial charge in [-0.3, -0.25) is 4.79 Å². The Morgan fingerprint density at radius 2 is 1.75 bits per heavy atom. The Bertz CT molecular complexity index is 418. The Balaban J connectivity index is 2.94. The highest BCUT2D eigenvalue weighted by atomic mass is 19.4. The van der Waals surface area contributed by atoms with Crippen molar-refractivity contribution in [1.29, 1.82) is 0 Å². The van der Waals surface area contributed by atoms with Gasteiger partial charge < -0.3 is 10.2 Å². The third-order valence-electron chi connectivity index (χ3n) is 1.69. The number of ketones is 1. The van der Waals surface area contributed by atoms with E-state index < -0.39 is 17.7 Å². The molecule has 3 nitrogen and oxygen atoms in total. The van der Waals surface area contributed by atoms with Gasteiger partial charge in [0.05, 0.1) is 0 Å². The first-order valence-electron chi connectivity index (χ1n) is 4.10. The third kappa shape index (κ3) is 3.01. The average molecular weight is 231 g/mol. The average Bonchev–Trinajstić information content (AvgIpc) is 2.17. The molecule has 1 aromatic rings. The lowest BCUT2D eigenvalue weighted by molar-refractivity contribution is -0.244. The fourth-order valence-corrected chi connectivity index (χ4v) is 0.910. The molecule has 0 saturated heterocycles. The quantitative estimate of drug-likeness (QED) is 0.615. The van der Waals surface area contributed by atoms with E-state index >= 15 is 0 Å². The fourth-order valence-electron chi connectivity index (χ4n) is 0.910. The maximum atomic E-state index is 11.8. The number of hydrogen-bond donors (Lipinski definition) is 1. The van der Waals surface area contributed by atoms with E-state index in [0.29, 0.717) is 0 Å². The van der Waals surface area contributed by atoms with E-state index in [9.17, 15) is 23.1 Å². The SMILES string of the molecule is O=C(/C=C(\[O-])c1ccc(O)cc1)C(F)(F)F. The molecular formula is C10H6F3O3-. The van der Waals surface area contributed by atoms with E-state index in [1.54, 1.807) is 0 Å². The third-order valence-corrected chi connectivity index (χ3v) is 1.69. The number of carbonyl (C=O) groups excluding carboxylic acids is 1. The predicted octanol–water partition coefficient (Wildman–Crippen LogP) is 1.22. The summed E-state index contributed by atoms with van der Waals surface area (Å²) in [6.07, 6.45) is -5.07. The number of carbonyl (C=O) groups is 1. The largest absolute Gasteiger partial charge is 0.872 e.